The number of hydrazone groups is 1. The fourth-order valence-corrected chi connectivity index (χ4v) is 2.48. The lowest BCUT2D eigenvalue weighted by molar-refractivity contribution is 0.918. The molecule has 2 aromatic rings. The van der Waals surface area contributed by atoms with Crippen LogP contribution in [0.2, 0.25) is 10.0 Å². The molecule has 0 saturated heterocycles. The maximum absolute atomic E-state index is 5.93. The van der Waals surface area contributed by atoms with E-state index in [4.69, 9.17) is 23.2 Å². The molecule has 2 aromatic carbocycles. The lowest BCUT2D eigenvalue weighted by Gasteiger charge is -2.02. The highest BCUT2D eigenvalue weighted by Crippen LogP contribution is 2.12. The molecule has 26 heavy (non-hydrogen) atoms. The van der Waals surface area contributed by atoms with Crippen molar-refractivity contribution in [2.45, 2.75) is 0 Å². The number of nitrogens with zero attached hydrogens (tertiary/aromatic N) is 2. The fourth-order valence-electron chi connectivity index (χ4n) is 2.23. The first-order valence-electron chi connectivity index (χ1n) is 8.18. The molecule has 0 aromatic heterocycles. The average molecular weight is 385 g/mol. The SMILES string of the molecule is Clc1ccc(C=CC(C=Cc2ccc(Cl)cc2)=NNC2=NCCN2)cc1. The Kier molecular flexibility index (Phi) is 6.47. The summed E-state index contributed by atoms with van der Waals surface area (Å²) in [6.45, 7) is 1.59. The first kappa shape index (κ1) is 18.2. The fraction of sp³-hybridized carbons (Fsp3) is 0.100. The predicted octanol–water partition coefficient (Wildman–Crippen LogP) is 4.62. The van der Waals surface area contributed by atoms with Crippen molar-refractivity contribution in [1.82, 2.24) is 10.7 Å². The number of nitrogens with one attached hydrogen (secondary N) is 2. The van der Waals surface area contributed by atoms with Gasteiger partial charge in [-0.2, -0.15) is 5.10 Å². The minimum atomic E-state index is 0.683. The number of allylic oxidation sites excluding steroid dienone is 2. The van der Waals surface area contributed by atoms with Gasteiger partial charge in [0.15, 0.2) is 0 Å². The van der Waals surface area contributed by atoms with Crippen LogP contribution in [0.4, 0.5) is 0 Å². The van der Waals surface area contributed by atoms with Gasteiger partial charge >= 0.3 is 0 Å². The molecule has 0 radical (unpaired) electrons. The highest BCUT2D eigenvalue weighted by Gasteiger charge is 2.02. The number of guanidine groups is 1. The summed E-state index contributed by atoms with van der Waals surface area (Å²) in [5.74, 6) is 0.683. The van der Waals surface area contributed by atoms with Crippen LogP contribution in [0.25, 0.3) is 12.2 Å². The van der Waals surface area contributed by atoms with E-state index in [1.807, 2.05) is 72.8 Å². The van der Waals surface area contributed by atoms with Crippen LogP contribution < -0.4 is 10.7 Å². The van der Waals surface area contributed by atoms with Crippen molar-refractivity contribution in [2.24, 2.45) is 10.1 Å². The molecule has 4 nitrogen and oxygen atoms in total. The summed E-state index contributed by atoms with van der Waals surface area (Å²) in [4.78, 5) is 4.27. The molecule has 0 atom stereocenters. The highest BCUT2D eigenvalue weighted by molar-refractivity contribution is 6.30. The minimum Gasteiger partial charge on any atom is -0.353 e. The standard InChI is InChI=1S/C20H18Cl2N4/c21-17-7-1-15(2-8-17)5-11-19(25-26-20-23-13-14-24-20)12-6-16-3-9-18(22)10-4-16/h1-12H,13-14H2,(H2,23,24,26). The summed E-state index contributed by atoms with van der Waals surface area (Å²) < 4.78 is 0. The molecule has 6 heteroatoms. The molecule has 1 aliphatic heterocycles. The zero-order valence-electron chi connectivity index (χ0n) is 14.0. The van der Waals surface area contributed by atoms with Crippen molar-refractivity contribution in [3.05, 3.63) is 81.9 Å². The molecule has 0 spiro atoms. The van der Waals surface area contributed by atoms with Crippen LogP contribution in [0, 0.1) is 0 Å². The molecule has 132 valence electrons. The minimum absolute atomic E-state index is 0.683. The van der Waals surface area contributed by atoms with Crippen LogP contribution >= 0.6 is 23.2 Å². The molecule has 0 unspecified atom stereocenters. The van der Waals surface area contributed by atoms with Crippen LogP contribution in [0.3, 0.4) is 0 Å². The normalized spacial score (nSPS) is 13.7. The van der Waals surface area contributed by atoms with E-state index in [9.17, 15) is 0 Å². The van der Waals surface area contributed by atoms with Crippen molar-refractivity contribution >= 4 is 47.0 Å². The van der Waals surface area contributed by atoms with E-state index in [-0.39, 0.29) is 0 Å². The summed E-state index contributed by atoms with van der Waals surface area (Å²) in [5.41, 5.74) is 5.79. The Balaban J connectivity index is 1.77. The van der Waals surface area contributed by atoms with Crippen LogP contribution in [-0.4, -0.2) is 24.8 Å². The second-order valence-electron chi connectivity index (χ2n) is 5.58. The van der Waals surface area contributed by atoms with Gasteiger partial charge in [-0.25, -0.2) is 10.4 Å². The van der Waals surface area contributed by atoms with Gasteiger partial charge in [0.1, 0.15) is 0 Å². The molecule has 0 saturated carbocycles. The third-order valence-electron chi connectivity index (χ3n) is 3.60. The van der Waals surface area contributed by atoms with Gasteiger partial charge < -0.3 is 5.32 Å². The van der Waals surface area contributed by atoms with E-state index < -0.39 is 0 Å². The van der Waals surface area contributed by atoms with E-state index >= 15 is 0 Å². The van der Waals surface area contributed by atoms with Crippen molar-refractivity contribution in [1.29, 1.82) is 0 Å². The van der Waals surface area contributed by atoms with Gasteiger partial charge in [-0.05, 0) is 47.5 Å². The zero-order chi connectivity index (χ0) is 18.2. The van der Waals surface area contributed by atoms with Crippen molar-refractivity contribution in [3.8, 4) is 0 Å². The maximum Gasteiger partial charge on any atom is 0.212 e. The van der Waals surface area contributed by atoms with Crippen molar-refractivity contribution in [3.63, 3.8) is 0 Å². The summed E-state index contributed by atoms with van der Waals surface area (Å²) >= 11 is 11.9. The number of benzene rings is 2. The van der Waals surface area contributed by atoms with E-state index in [0.29, 0.717) is 16.0 Å². The second-order valence-corrected chi connectivity index (χ2v) is 6.45. The highest BCUT2D eigenvalue weighted by atomic mass is 35.5. The number of hydrogen-bond donors (Lipinski definition) is 2. The van der Waals surface area contributed by atoms with E-state index in [2.05, 4.69) is 20.8 Å². The Hall–Kier alpha value is -2.56. The Morgan fingerprint density at radius 3 is 1.92 bits per heavy atom. The first-order chi connectivity index (χ1) is 12.7. The van der Waals surface area contributed by atoms with Gasteiger partial charge in [0, 0.05) is 16.6 Å². The maximum atomic E-state index is 5.93. The van der Waals surface area contributed by atoms with E-state index in [1.165, 1.54) is 0 Å². The zero-order valence-corrected chi connectivity index (χ0v) is 15.5. The third kappa shape index (κ3) is 5.76. The van der Waals surface area contributed by atoms with Crippen LogP contribution in [0.5, 0.6) is 0 Å². The Bertz CT molecular complexity index is 793. The number of hydrogen-bond acceptors (Lipinski definition) is 4. The molecule has 0 aliphatic carbocycles. The predicted molar refractivity (Wildman–Crippen MR) is 112 cm³/mol. The summed E-state index contributed by atoms with van der Waals surface area (Å²) in [5, 5.41) is 8.97. The number of aliphatic imine (C=N–C) groups is 1. The van der Waals surface area contributed by atoms with Crippen molar-refractivity contribution < 1.29 is 0 Å². The third-order valence-corrected chi connectivity index (χ3v) is 4.10. The van der Waals surface area contributed by atoms with Gasteiger partial charge in [0.25, 0.3) is 0 Å². The van der Waals surface area contributed by atoms with Gasteiger partial charge in [-0.15, -0.1) is 0 Å². The summed E-state index contributed by atoms with van der Waals surface area (Å²) in [7, 11) is 0. The molecule has 0 fully saturated rings. The topological polar surface area (TPSA) is 48.8 Å². The Labute approximate surface area is 162 Å². The monoisotopic (exact) mass is 384 g/mol. The van der Waals surface area contributed by atoms with Gasteiger partial charge in [0.05, 0.1) is 12.3 Å². The van der Waals surface area contributed by atoms with Crippen LogP contribution in [0.1, 0.15) is 11.1 Å². The molecular weight excluding hydrogens is 367 g/mol. The van der Waals surface area contributed by atoms with Crippen molar-refractivity contribution in [2.75, 3.05) is 13.1 Å². The molecule has 0 bridgehead atoms. The molecule has 0 amide bonds. The van der Waals surface area contributed by atoms with Crippen LogP contribution in [-0.2, 0) is 0 Å². The number of rotatable bonds is 5. The molecular formula is C20H18Cl2N4. The lowest BCUT2D eigenvalue weighted by Crippen LogP contribution is -2.30. The van der Waals surface area contributed by atoms with E-state index in [0.717, 1.165) is 29.9 Å². The second kappa shape index (κ2) is 9.22. The quantitative estimate of drug-likeness (QED) is 0.583. The van der Waals surface area contributed by atoms with Gasteiger partial charge in [-0.1, -0.05) is 59.6 Å². The molecule has 3 rings (SSSR count). The summed E-state index contributed by atoms with van der Waals surface area (Å²) in [6.07, 6.45) is 7.82. The first-order valence-corrected chi connectivity index (χ1v) is 8.94. The summed E-state index contributed by atoms with van der Waals surface area (Å²) in [6, 6.07) is 15.2. The largest absolute Gasteiger partial charge is 0.353 e. The average Bonchev–Trinajstić information content (AvgIpc) is 3.17. The molecule has 1 aliphatic rings. The Morgan fingerprint density at radius 1 is 0.923 bits per heavy atom. The van der Waals surface area contributed by atoms with Gasteiger partial charge in [0.2, 0.25) is 5.96 Å². The lowest BCUT2D eigenvalue weighted by atomic mass is 10.1. The van der Waals surface area contributed by atoms with Gasteiger partial charge in [-0.3, -0.25) is 0 Å². The molecule has 2 N–H and O–H groups in total. The Morgan fingerprint density at radius 2 is 1.46 bits per heavy atom. The smallest absolute Gasteiger partial charge is 0.212 e. The van der Waals surface area contributed by atoms with Crippen LogP contribution in [0.15, 0.2) is 70.8 Å². The van der Waals surface area contributed by atoms with E-state index in [1.54, 1.807) is 0 Å². The molecule has 1 heterocycles. The number of halogens is 2.